The molecule has 1 aliphatic carbocycles. The highest BCUT2D eigenvalue weighted by atomic mass is 19.1. The molecule has 1 aliphatic rings. The number of pyridine rings is 1. The second-order valence-electron chi connectivity index (χ2n) is 9.05. The average molecular weight is 472 g/mol. The third kappa shape index (κ3) is 4.63. The van der Waals surface area contributed by atoms with Gasteiger partial charge in [-0.15, -0.1) is 0 Å². The third-order valence-electron chi connectivity index (χ3n) is 6.77. The van der Waals surface area contributed by atoms with Crippen LogP contribution in [0.15, 0.2) is 65.6 Å². The highest BCUT2D eigenvalue weighted by molar-refractivity contribution is 5.76. The van der Waals surface area contributed by atoms with Gasteiger partial charge in [-0.05, 0) is 68.0 Å². The molecule has 0 saturated carbocycles. The van der Waals surface area contributed by atoms with Crippen molar-refractivity contribution in [1.29, 1.82) is 0 Å². The van der Waals surface area contributed by atoms with Gasteiger partial charge in [0.2, 0.25) is 5.95 Å². The SMILES string of the molecule is CCCN(CC)c1ccc(Nc2ncc3ccc(=O)n(C4CCc5ccccc5C4)c3n2)cc1F. The lowest BCUT2D eigenvalue weighted by molar-refractivity contribution is 0.441. The van der Waals surface area contributed by atoms with Crippen LogP contribution in [0.4, 0.5) is 21.7 Å². The zero-order chi connectivity index (χ0) is 24.4. The Hall–Kier alpha value is -3.74. The first-order chi connectivity index (χ1) is 17.1. The fourth-order valence-corrected chi connectivity index (χ4v) is 5.04. The van der Waals surface area contributed by atoms with Crippen molar-refractivity contribution >= 4 is 28.4 Å². The van der Waals surface area contributed by atoms with Gasteiger partial charge in [-0.25, -0.2) is 9.37 Å². The van der Waals surface area contributed by atoms with Gasteiger partial charge in [-0.2, -0.15) is 4.98 Å². The molecule has 180 valence electrons. The molecule has 2 aromatic carbocycles. The molecule has 1 N–H and O–H groups in total. The number of halogens is 1. The summed E-state index contributed by atoms with van der Waals surface area (Å²) in [5.41, 5.74) is 4.30. The van der Waals surface area contributed by atoms with Crippen molar-refractivity contribution in [2.75, 3.05) is 23.3 Å². The number of aromatic nitrogens is 3. The van der Waals surface area contributed by atoms with Gasteiger partial charge in [-0.1, -0.05) is 31.2 Å². The van der Waals surface area contributed by atoms with E-state index in [4.69, 9.17) is 4.98 Å². The van der Waals surface area contributed by atoms with Crippen LogP contribution in [0.5, 0.6) is 0 Å². The summed E-state index contributed by atoms with van der Waals surface area (Å²) in [6.45, 7) is 5.65. The summed E-state index contributed by atoms with van der Waals surface area (Å²) in [7, 11) is 0. The van der Waals surface area contributed by atoms with Gasteiger partial charge in [0.15, 0.2) is 0 Å². The maximum Gasteiger partial charge on any atom is 0.252 e. The van der Waals surface area contributed by atoms with E-state index in [0.717, 1.165) is 44.2 Å². The van der Waals surface area contributed by atoms with Crippen LogP contribution in [0.1, 0.15) is 43.9 Å². The maximum atomic E-state index is 14.9. The lowest BCUT2D eigenvalue weighted by atomic mass is 9.88. The van der Waals surface area contributed by atoms with E-state index >= 15 is 0 Å². The number of benzene rings is 2. The molecule has 0 bridgehead atoms. The molecule has 1 atom stereocenters. The largest absolute Gasteiger partial charge is 0.369 e. The molecule has 0 saturated heterocycles. The normalized spacial score (nSPS) is 15.1. The lowest BCUT2D eigenvalue weighted by Gasteiger charge is -2.27. The Labute approximate surface area is 204 Å². The predicted octanol–water partition coefficient (Wildman–Crippen LogP) is 5.64. The molecule has 1 unspecified atom stereocenters. The zero-order valence-electron chi connectivity index (χ0n) is 20.2. The zero-order valence-corrected chi connectivity index (χ0v) is 20.2. The molecule has 0 aliphatic heterocycles. The Kier molecular flexibility index (Phi) is 6.49. The first-order valence-electron chi connectivity index (χ1n) is 12.3. The molecule has 0 amide bonds. The molecule has 4 aromatic rings. The number of nitrogens with zero attached hydrogens (tertiary/aromatic N) is 4. The topological polar surface area (TPSA) is 63.1 Å². The van der Waals surface area contributed by atoms with Crippen molar-refractivity contribution in [2.45, 2.75) is 45.6 Å². The van der Waals surface area contributed by atoms with Crippen LogP contribution in [0.3, 0.4) is 0 Å². The minimum atomic E-state index is -0.288. The molecule has 5 rings (SSSR count). The number of rotatable bonds is 7. The van der Waals surface area contributed by atoms with Crippen LogP contribution in [0.2, 0.25) is 0 Å². The molecule has 7 heteroatoms. The first-order valence-corrected chi connectivity index (χ1v) is 12.3. The van der Waals surface area contributed by atoms with Crippen LogP contribution >= 0.6 is 0 Å². The quantitative estimate of drug-likeness (QED) is 0.378. The molecule has 2 aromatic heterocycles. The molecule has 6 nitrogen and oxygen atoms in total. The van der Waals surface area contributed by atoms with Crippen molar-refractivity contribution in [2.24, 2.45) is 0 Å². The molecule has 0 spiro atoms. The Bertz CT molecular complexity index is 1420. The van der Waals surface area contributed by atoms with Gasteiger partial charge < -0.3 is 10.2 Å². The average Bonchev–Trinajstić information content (AvgIpc) is 2.87. The smallest absolute Gasteiger partial charge is 0.252 e. The van der Waals surface area contributed by atoms with Crippen molar-refractivity contribution in [3.8, 4) is 0 Å². The maximum absolute atomic E-state index is 14.9. The van der Waals surface area contributed by atoms with Crippen molar-refractivity contribution < 1.29 is 4.39 Å². The minimum Gasteiger partial charge on any atom is -0.369 e. The van der Waals surface area contributed by atoms with Crippen molar-refractivity contribution in [3.05, 3.63) is 88.1 Å². The van der Waals surface area contributed by atoms with E-state index in [0.29, 0.717) is 23.0 Å². The van der Waals surface area contributed by atoms with Gasteiger partial charge >= 0.3 is 0 Å². The van der Waals surface area contributed by atoms with Gasteiger partial charge in [0.1, 0.15) is 11.5 Å². The van der Waals surface area contributed by atoms with Crippen molar-refractivity contribution in [3.63, 3.8) is 0 Å². The van der Waals surface area contributed by atoms with Crippen molar-refractivity contribution in [1.82, 2.24) is 14.5 Å². The number of hydrogen-bond donors (Lipinski definition) is 1. The monoisotopic (exact) mass is 471 g/mol. The van der Waals surface area contributed by atoms with E-state index in [1.807, 2.05) is 24.0 Å². The number of fused-ring (bicyclic) bond motifs is 2. The van der Waals surface area contributed by atoms with Crippen LogP contribution in [0, 0.1) is 5.82 Å². The highest BCUT2D eigenvalue weighted by Gasteiger charge is 2.23. The molecule has 35 heavy (non-hydrogen) atoms. The van der Waals surface area contributed by atoms with E-state index < -0.39 is 0 Å². The summed E-state index contributed by atoms with van der Waals surface area (Å²) >= 11 is 0. The van der Waals surface area contributed by atoms with Crippen LogP contribution in [0.25, 0.3) is 11.0 Å². The predicted molar refractivity (Wildman–Crippen MR) is 139 cm³/mol. The fourth-order valence-electron chi connectivity index (χ4n) is 5.04. The number of nitrogens with one attached hydrogen (secondary N) is 1. The van der Waals surface area contributed by atoms with E-state index in [-0.39, 0.29) is 17.4 Å². The molecular formula is C28H30FN5O. The van der Waals surface area contributed by atoms with Gasteiger partial charge in [-0.3, -0.25) is 9.36 Å². The van der Waals surface area contributed by atoms with Gasteiger partial charge in [0.05, 0.1) is 5.69 Å². The standard InChI is InChI=1S/C28H30FN5O/c1-3-15-33(4-2)25-13-11-22(17-24(25)29)31-28-30-18-21-10-14-26(35)34(27(21)32-28)23-12-9-19-7-5-6-8-20(19)16-23/h5-8,10-11,13-14,17-18,23H,3-4,9,12,15-16H2,1-2H3,(H,30,31,32). The Morgan fingerprint density at radius 3 is 2.71 bits per heavy atom. The van der Waals surface area contributed by atoms with E-state index in [2.05, 4.69) is 35.4 Å². The minimum absolute atomic E-state index is 0.0270. The van der Waals surface area contributed by atoms with E-state index in [1.165, 1.54) is 17.2 Å². The first kappa shape index (κ1) is 23.0. The second-order valence-corrected chi connectivity index (χ2v) is 9.05. The Morgan fingerprint density at radius 2 is 1.94 bits per heavy atom. The van der Waals surface area contributed by atoms with Gasteiger partial charge in [0.25, 0.3) is 5.56 Å². The highest BCUT2D eigenvalue weighted by Crippen LogP contribution is 2.30. The summed E-state index contributed by atoms with van der Waals surface area (Å²) in [6.07, 6.45) is 5.26. The Balaban J connectivity index is 1.46. The summed E-state index contributed by atoms with van der Waals surface area (Å²) in [5.74, 6) is 0.0463. The molecule has 0 radical (unpaired) electrons. The van der Waals surface area contributed by atoms with Crippen LogP contribution in [-0.2, 0) is 12.8 Å². The molecular weight excluding hydrogens is 441 g/mol. The number of hydrogen-bond acceptors (Lipinski definition) is 5. The second kappa shape index (κ2) is 9.86. The summed E-state index contributed by atoms with van der Waals surface area (Å²) in [5, 5.41) is 3.92. The number of aryl methyl sites for hydroxylation is 1. The van der Waals surface area contributed by atoms with E-state index in [9.17, 15) is 9.18 Å². The van der Waals surface area contributed by atoms with Crippen LogP contribution < -0.4 is 15.8 Å². The fraction of sp³-hybridized carbons (Fsp3) is 0.321. The summed E-state index contributed by atoms with van der Waals surface area (Å²) in [6, 6.07) is 16.9. The van der Waals surface area contributed by atoms with E-state index in [1.54, 1.807) is 29.0 Å². The third-order valence-corrected chi connectivity index (χ3v) is 6.77. The van der Waals surface area contributed by atoms with Gasteiger partial charge in [0, 0.05) is 42.5 Å². The lowest BCUT2D eigenvalue weighted by Crippen LogP contribution is -2.29. The molecule has 2 heterocycles. The Morgan fingerprint density at radius 1 is 1.11 bits per heavy atom. The summed E-state index contributed by atoms with van der Waals surface area (Å²) < 4.78 is 16.7. The number of anilines is 3. The summed E-state index contributed by atoms with van der Waals surface area (Å²) in [4.78, 5) is 24.1. The molecule has 0 fully saturated rings. The van der Waals surface area contributed by atoms with Crippen LogP contribution in [-0.4, -0.2) is 27.6 Å².